The summed E-state index contributed by atoms with van der Waals surface area (Å²) in [5.74, 6) is 2.41. The zero-order valence-corrected chi connectivity index (χ0v) is 11.4. The molecule has 1 aliphatic rings. The van der Waals surface area contributed by atoms with E-state index in [9.17, 15) is 5.11 Å². The number of aliphatic hydroxyl groups is 1. The zero-order chi connectivity index (χ0) is 12.3. The van der Waals surface area contributed by atoms with Gasteiger partial charge >= 0.3 is 0 Å². The summed E-state index contributed by atoms with van der Waals surface area (Å²) in [5, 5.41) is 11.0. The Morgan fingerprint density at radius 2 is 2.06 bits per heavy atom. The number of hydrogen-bond acceptors (Lipinski definition) is 3. The van der Waals surface area contributed by atoms with Crippen molar-refractivity contribution in [3.8, 4) is 0 Å². The maximum absolute atomic E-state index is 11.0. The van der Waals surface area contributed by atoms with Crippen LogP contribution in [-0.2, 0) is 5.60 Å². The molecule has 1 saturated heterocycles. The van der Waals surface area contributed by atoms with E-state index < -0.39 is 5.60 Å². The summed E-state index contributed by atoms with van der Waals surface area (Å²) < 4.78 is 0. The molecule has 1 aliphatic heterocycles. The molecule has 0 spiro atoms. The first-order chi connectivity index (χ1) is 8.13. The van der Waals surface area contributed by atoms with E-state index in [1.54, 1.807) is 0 Å². The van der Waals surface area contributed by atoms with Crippen molar-refractivity contribution in [1.29, 1.82) is 0 Å². The van der Waals surface area contributed by atoms with Gasteiger partial charge in [-0.3, -0.25) is 0 Å². The SMILES string of the molecule is CN(C)C[C@@H]1CSCC[C@]1(O)c1ccccc1. The summed E-state index contributed by atoms with van der Waals surface area (Å²) >= 11 is 1.96. The van der Waals surface area contributed by atoms with Crippen LogP contribution >= 0.6 is 11.8 Å². The maximum Gasteiger partial charge on any atom is 0.0952 e. The van der Waals surface area contributed by atoms with E-state index in [-0.39, 0.29) is 0 Å². The van der Waals surface area contributed by atoms with Crippen LogP contribution in [0.25, 0.3) is 0 Å². The highest BCUT2D eigenvalue weighted by Crippen LogP contribution is 2.40. The van der Waals surface area contributed by atoms with E-state index in [4.69, 9.17) is 0 Å². The topological polar surface area (TPSA) is 23.5 Å². The van der Waals surface area contributed by atoms with Gasteiger partial charge in [0.1, 0.15) is 0 Å². The van der Waals surface area contributed by atoms with Crippen molar-refractivity contribution < 1.29 is 5.11 Å². The van der Waals surface area contributed by atoms with Gasteiger partial charge in [-0.2, -0.15) is 11.8 Å². The Labute approximate surface area is 108 Å². The molecule has 0 bridgehead atoms. The molecule has 3 heteroatoms. The number of hydrogen-bond donors (Lipinski definition) is 1. The molecule has 0 radical (unpaired) electrons. The highest BCUT2D eigenvalue weighted by atomic mass is 32.2. The summed E-state index contributed by atoms with van der Waals surface area (Å²) in [6.07, 6.45) is 0.861. The van der Waals surface area contributed by atoms with Gasteiger partial charge < -0.3 is 10.0 Å². The second kappa shape index (κ2) is 5.42. The molecular formula is C14H21NOS. The van der Waals surface area contributed by atoms with Crippen LogP contribution in [0.3, 0.4) is 0 Å². The second-order valence-electron chi connectivity index (χ2n) is 5.07. The molecule has 0 aliphatic carbocycles. The van der Waals surface area contributed by atoms with E-state index in [1.807, 2.05) is 30.0 Å². The first-order valence-electron chi connectivity index (χ1n) is 6.13. The molecule has 1 aromatic rings. The minimum Gasteiger partial charge on any atom is -0.385 e. The van der Waals surface area contributed by atoms with Gasteiger partial charge in [-0.25, -0.2) is 0 Å². The molecule has 2 nitrogen and oxygen atoms in total. The molecule has 0 unspecified atom stereocenters. The maximum atomic E-state index is 11.0. The Bertz CT molecular complexity index is 354. The van der Waals surface area contributed by atoms with Crippen molar-refractivity contribution in [2.45, 2.75) is 12.0 Å². The third-order valence-electron chi connectivity index (χ3n) is 3.48. The lowest BCUT2D eigenvalue weighted by Gasteiger charge is -2.41. The fraction of sp³-hybridized carbons (Fsp3) is 0.571. The quantitative estimate of drug-likeness (QED) is 0.891. The largest absolute Gasteiger partial charge is 0.385 e. The van der Waals surface area contributed by atoms with Gasteiger partial charge in [-0.15, -0.1) is 0 Å². The fourth-order valence-electron chi connectivity index (χ4n) is 2.55. The molecule has 2 atom stereocenters. The average Bonchev–Trinajstić information content (AvgIpc) is 2.33. The molecule has 0 amide bonds. The van der Waals surface area contributed by atoms with E-state index in [2.05, 4.69) is 31.1 Å². The first kappa shape index (κ1) is 12.9. The van der Waals surface area contributed by atoms with Crippen molar-refractivity contribution >= 4 is 11.8 Å². The number of nitrogens with zero attached hydrogens (tertiary/aromatic N) is 1. The smallest absolute Gasteiger partial charge is 0.0952 e. The van der Waals surface area contributed by atoms with Crippen molar-refractivity contribution in [2.24, 2.45) is 5.92 Å². The summed E-state index contributed by atoms with van der Waals surface area (Å²) in [6.45, 7) is 0.943. The molecule has 1 heterocycles. The van der Waals surface area contributed by atoms with Crippen LogP contribution in [0.4, 0.5) is 0 Å². The highest BCUT2D eigenvalue weighted by Gasteiger charge is 2.40. The molecule has 1 fully saturated rings. The average molecular weight is 251 g/mol. The van der Waals surface area contributed by atoms with Crippen LogP contribution in [0.2, 0.25) is 0 Å². The monoisotopic (exact) mass is 251 g/mol. The van der Waals surface area contributed by atoms with E-state index in [0.29, 0.717) is 5.92 Å². The zero-order valence-electron chi connectivity index (χ0n) is 10.6. The molecule has 1 N–H and O–H groups in total. The minimum atomic E-state index is -0.642. The summed E-state index contributed by atoms with van der Waals surface area (Å²) in [7, 11) is 4.15. The van der Waals surface area contributed by atoms with E-state index in [0.717, 1.165) is 30.0 Å². The molecule has 0 saturated carbocycles. The number of rotatable bonds is 3. The lowest BCUT2D eigenvalue weighted by atomic mass is 9.79. The van der Waals surface area contributed by atoms with E-state index >= 15 is 0 Å². The molecule has 0 aromatic heterocycles. The third kappa shape index (κ3) is 2.84. The van der Waals surface area contributed by atoms with Crippen molar-refractivity contribution in [1.82, 2.24) is 4.90 Å². The van der Waals surface area contributed by atoms with Crippen molar-refractivity contribution in [3.63, 3.8) is 0 Å². The first-order valence-corrected chi connectivity index (χ1v) is 7.29. The van der Waals surface area contributed by atoms with Crippen LogP contribution in [0.15, 0.2) is 30.3 Å². The Kier molecular flexibility index (Phi) is 4.13. The molecule has 2 rings (SSSR count). The molecule has 94 valence electrons. The van der Waals surface area contributed by atoms with Crippen molar-refractivity contribution in [3.05, 3.63) is 35.9 Å². The third-order valence-corrected chi connectivity index (χ3v) is 4.61. The lowest BCUT2D eigenvalue weighted by Crippen LogP contribution is -2.45. The van der Waals surface area contributed by atoms with Gasteiger partial charge in [-0.1, -0.05) is 30.3 Å². The predicted molar refractivity (Wildman–Crippen MR) is 74.3 cm³/mol. The lowest BCUT2D eigenvalue weighted by molar-refractivity contribution is -0.0293. The minimum absolute atomic E-state index is 0.318. The van der Waals surface area contributed by atoms with Crippen LogP contribution in [0, 0.1) is 5.92 Å². The van der Waals surface area contributed by atoms with Gasteiger partial charge in [0.25, 0.3) is 0 Å². The predicted octanol–water partition coefficient (Wildman–Crippen LogP) is 2.19. The second-order valence-corrected chi connectivity index (χ2v) is 6.22. The van der Waals surface area contributed by atoms with Crippen LogP contribution in [0.1, 0.15) is 12.0 Å². The highest BCUT2D eigenvalue weighted by molar-refractivity contribution is 7.99. The number of benzene rings is 1. The summed E-state index contributed by atoms with van der Waals surface area (Å²) in [5.41, 5.74) is 0.434. The van der Waals surface area contributed by atoms with Crippen LogP contribution < -0.4 is 0 Å². The van der Waals surface area contributed by atoms with Gasteiger partial charge in [-0.05, 0) is 31.8 Å². The van der Waals surface area contributed by atoms with Crippen LogP contribution in [-0.4, -0.2) is 42.2 Å². The van der Waals surface area contributed by atoms with Gasteiger partial charge in [0.2, 0.25) is 0 Å². The fourth-order valence-corrected chi connectivity index (χ4v) is 3.83. The Balaban J connectivity index is 2.25. The Morgan fingerprint density at radius 3 is 2.71 bits per heavy atom. The van der Waals surface area contributed by atoms with Gasteiger partial charge in [0.15, 0.2) is 0 Å². The van der Waals surface area contributed by atoms with Gasteiger partial charge in [0.05, 0.1) is 5.60 Å². The normalized spacial score (nSPS) is 29.5. The van der Waals surface area contributed by atoms with Crippen molar-refractivity contribution in [2.75, 3.05) is 32.1 Å². The Morgan fingerprint density at radius 1 is 1.35 bits per heavy atom. The molecular weight excluding hydrogens is 230 g/mol. The Hall–Kier alpha value is -0.510. The summed E-state index contributed by atoms with van der Waals surface area (Å²) in [6, 6.07) is 10.1. The van der Waals surface area contributed by atoms with Crippen LogP contribution in [0.5, 0.6) is 0 Å². The molecule has 17 heavy (non-hydrogen) atoms. The standard InChI is InChI=1S/C14H21NOS/c1-15(2)10-13-11-17-9-8-14(13,16)12-6-4-3-5-7-12/h3-7,13,16H,8-11H2,1-2H3/t13-,14+/m1/s1. The van der Waals surface area contributed by atoms with Gasteiger partial charge in [0, 0.05) is 18.2 Å². The number of thioether (sulfide) groups is 1. The molecule has 1 aromatic carbocycles. The summed E-state index contributed by atoms with van der Waals surface area (Å²) in [4.78, 5) is 2.17. The van der Waals surface area contributed by atoms with E-state index in [1.165, 1.54) is 0 Å².